The summed E-state index contributed by atoms with van der Waals surface area (Å²) >= 11 is 0. The standard InChI is InChI=1S/C9H18N2/c1-10-7-5-9(8-10)4-3-6-11(9)2/h3-8H2,1-2H3. The normalized spacial score (nSPS) is 40.9. The van der Waals surface area contributed by atoms with Crippen LogP contribution in [0.1, 0.15) is 19.3 Å². The minimum Gasteiger partial charge on any atom is -0.304 e. The quantitative estimate of drug-likeness (QED) is 0.509. The van der Waals surface area contributed by atoms with Gasteiger partial charge < -0.3 is 4.90 Å². The summed E-state index contributed by atoms with van der Waals surface area (Å²) in [7, 11) is 4.52. The molecule has 0 radical (unpaired) electrons. The van der Waals surface area contributed by atoms with E-state index in [9.17, 15) is 0 Å². The molecule has 0 bridgehead atoms. The van der Waals surface area contributed by atoms with Crippen molar-refractivity contribution < 1.29 is 0 Å². The van der Waals surface area contributed by atoms with E-state index in [2.05, 4.69) is 23.9 Å². The molecule has 1 unspecified atom stereocenters. The van der Waals surface area contributed by atoms with Gasteiger partial charge in [0.1, 0.15) is 0 Å². The highest BCUT2D eigenvalue weighted by atomic mass is 15.3. The summed E-state index contributed by atoms with van der Waals surface area (Å²) in [5.74, 6) is 0. The fourth-order valence-corrected chi connectivity index (χ4v) is 2.65. The Morgan fingerprint density at radius 3 is 2.36 bits per heavy atom. The maximum Gasteiger partial charge on any atom is 0.0345 e. The largest absolute Gasteiger partial charge is 0.304 e. The van der Waals surface area contributed by atoms with Gasteiger partial charge in [-0.05, 0) is 46.4 Å². The van der Waals surface area contributed by atoms with Gasteiger partial charge in [0.25, 0.3) is 0 Å². The van der Waals surface area contributed by atoms with Gasteiger partial charge in [-0.15, -0.1) is 0 Å². The van der Waals surface area contributed by atoms with Crippen molar-refractivity contribution in [1.82, 2.24) is 9.80 Å². The highest BCUT2D eigenvalue weighted by Gasteiger charge is 2.42. The molecular formula is C9H18N2. The van der Waals surface area contributed by atoms with E-state index in [0.717, 1.165) is 0 Å². The first-order valence-electron chi connectivity index (χ1n) is 4.63. The van der Waals surface area contributed by atoms with Crippen LogP contribution < -0.4 is 0 Å². The lowest BCUT2D eigenvalue weighted by Crippen LogP contribution is -2.43. The molecule has 2 nitrogen and oxygen atoms in total. The Morgan fingerprint density at radius 2 is 1.91 bits per heavy atom. The second-order valence-corrected chi connectivity index (χ2v) is 4.24. The number of likely N-dealkylation sites (tertiary alicyclic amines) is 2. The lowest BCUT2D eigenvalue weighted by atomic mass is 9.96. The summed E-state index contributed by atoms with van der Waals surface area (Å²) in [5, 5.41) is 0. The number of likely N-dealkylation sites (N-methyl/N-ethyl adjacent to an activating group) is 2. The van der Waals surface area contributed by atoms with E-state index in [0.29, 0.717) is 5.54 Å². The molecule has 64 valence electrons. The SMILES string of the molecule is CN1CCC2(CCCN2C)C1. The molecule has 2 fully saturated rings. The van der Waals surface area contributed by atoms with Crippen LogP contribution in [0.4, 0.5) is 0 Å². The maximum absolute atomic E-state index is 2.57. The van der Waals surface area contributed by atoms with Gasteiger partial charge in [-0.3, -0.25) is 4.90 Å². The molecule has 2 aliphatic rings. The van der Waals surface area contributed by atoms with Crippen molar-refractivity contribution in [3.63, 3.8) is 0 Å². The molecule has 0 N–H and O–H groups in total. The Bertz CT molecular complexity index is 158. The molecule has 0 saturated carbocycles. The molecule has 0 aromatic heterocycles. The fourth-order valence-electron chi connectivity index (χ4n) is 2.65. The van der Waals surface area contributed by atoms with Gasteiger partial charge in [0.05, 0.1) is 0 Å². The Morgan fingerprint density at radius 1 is 1.09 bits per heavy atom. The molecule has 2 rings (SSSR count). The topological polar surface area (TPSA) is 6.48 Å². The molecule has 2 heterocycles. The Labute approximate surface area is 69.2 Å². The molecule has 2 saturated heterocycles. The van der Waals surface area contributed by atoms with Crippen LogP contribution in [-0.2, 0) is 0 Å². The van der Waals surface area contributed by atoms with Crippen LogP contribution in [0.3, 0.4) is 0 Å². The first-order chi connectivity index (χ1) is 5.23. The van der Waals surface area contributed by atoms with Crippen molar-refractivity contribution in [2.75, 3.05) is 33.7 Å². The third-order valence-electron chi connectivity index (χ3n) is 3.47. The van der Waals surface area contributed by atoms with Crippen LogP contribution in [-0.4, -0.2) is 49.1 Å². The first-order valence-corrected chi connectivity index (χ1v) is 4.63. The monoisotopic (exact) mass is 154 g/mol. The third-order valence-corrected chi connectivity index (χ3v) is 3.47. The van der Waals surface area contributed by atoms with E-state index in [1.54, 1.807) is 0 Å². The molecular weight excluding hydrogens is 136 g/mol. The molecule has 2 heteroatoms. The van der Waals surface area contributed by atoms with Gasteiger partial charge in [-0.1, -0.05) is 0 Å². The Balaban J connectivity index is 2.10. The van der Waals surface area contributed by atoms with Crippen molar-refractivity contribution in [1.29, 1.82) is 0 Å². The van der Waals surface area contributed by atoms with Gasteiger partial charge in [0, 0.05) is 12.1 Å². The lowest BCUT2D eigenvalue weighted by molar-refractivity contribution is 0.180. The third kappa shape index (κ3) is 1.09. The minimum atomic E-state index is 0.578. The van der Waals surface area contributed by atoms with Gasteiger partial charge in [0.15, 0.2) is 0 Å². The zero-order valence-corrected chi connectivity index (χ0v) is 7.64. The first kappa shape index (κ1) is 7.56. The molecule has 0 aromatic carbocycles. The summed E-state index contributed by atoms with van der Waals surface area (Å²) in [4.78, 5) is 5.03. The number of hydrogen-bond donors (Lipinski definition) is 0. The Kier molecular flexibility index (Phi) is 1.69. The molecule has 2 aliphatic heterocycles. The van der Waals surface area contributed by atoms with Crippen molar-refractivity contribution in [3.8, 4) is 0 Å². The predicted molar refractivity (Wildman–Crippen MR) is 46.7 cm³/mol. The number of hydrogen-bond acceptors (Lipinski definition) is 2. The highest BCUT2D eigenvalue weighted by Crippen LogP contribution is 2.35. The van der Waals surface area contributed by atoms with Crippen molar-refractivity contribution in [2.45, 2.75) is 24.8 Å². The van der Waals surface area contributed by atoms with Crippen molar-refractivity contribution in [2.24, 2.45) is 0 Å². The van der Waals surface area contributed by atoms with E-state index in [4.69, 9.17) is 0 Å². The summed E-state index contributed by atoms with van der Waals surface area (Å²) in [6.45, 7) is 3.90. The zero-order valence-electron chi connectivity index (χ0n) is 7.64. The summed E-state index contributed by atoms with van der Waals surface area (Å²) < 4.78 is 0. The second-order valence-electron chi connectivity index (χ2n) is 4.24. The second kappa shape index (κ2) is 2.46. The highest BCUT2D eigenvalue weighted by molar-refractivity contribution is 5.00. The molecule has 0 aromatic rings. The number of nitrogens with zero attached hydrogens (tertiary/aromatic N) is 2. The van der Waals surface area contributed by atoms with Crippen LogP contribution in [0, 0.1) is 0 Å². The van der Waals surface area contributed by atoms with Crippen LogP contribution >= 0.6 is 0 Å². The van der Waals surface area contributed by atoms with Crippen molar-refractivity contribution in [3.05, 3.63) is 0 Å². The molecule has 1 atom stereocenters. The van der Waals surface area contributed by atoms with Gasteiger partial charge in [-0.25, -0.2) is 0 Å². The molecule has 0 amide bonds. The average molecular weight is 154 g/mol. The van der Waals surface area contributed by atoms with E-state index in [1.165, 1.54) is 38.9 Å². The van der Waals surface area contributed by atoms with Gasteiger partial charge in [-0.2, -0.15) is 0 Å². The van der Waals surface area contributed by atoms with Crippen molar-refractivity contribution >= 4 is 0 Å². The summed E-state index contributed by atoms with van der Waals surface area (Å²) in [5.41, 5.74) is 0.578. The Hall–Kier alpha value is -0.0800. The van der Waals surface area contributed by atoms with Gasteiger partial charge in [0.2, 0.25) is 0 Å². The maximum atomic E-state index is 2.57. The van der Waals surface area contributed by atoms with Crippen LogP contribution in [0.25, 0.3) is 0 Å². The van der Waals surface area contributed by atoms with Crippen LogP contribution in [0.2, 0.25) is 0 Å². The zero-order chi connectivity index (χ0) is 7.90. The fraction of sp³-hybridized carbons (Fsp3) is 1.00. The van der Waals surface area contributed by atoms with Crippen LogP contribution in [0.15, 0.2) is 0 Å². The molecule has 1 spiro atoms. The predicted octanol–water partition coefficient (Wildman–Crippen LogP) is 0.786. The summed E-state index contributed by atoms with van der Waals surface area (Å²) in [6, 6.07) is 0. The van der Waals surface area contributed by atoms with E-state index in [-0.39, 0.29) is 0 Å². The number of rotatable bonds is 0. The minimum absolute atomic E-state index is 0.578. The van der Waals surface area contributed by atoms with Gasteiger partial charge >= 0.3 is 0 Å². The lowest BCUT2D eigenvalue weighted by Gasteiger charge is -2.31. The average Bonchev–Trinajstić information content (AvgIpc) is 2.46. The molecule has 11 heavy (non-hydrogen) atoms. The molecule has 0 aliphatic carbocycles. The van der Waals surface area contributed by atoms with Crippen LogP contribution in [0.5, 0.6) is 0 Å². The summed E-state index contributed by atoms with van der Waals surface area (Å²) in [6.07, 6.45) is 4.22. The smallest absolute Gasteiger partial charge is 0.0345 e. The van der Waals surface area contributed by atoms with E-state index < -0.39 is 0 Å². The van der Waals surface area contributed by atoms with E-state index >= 15 is 0 Å². The van der Waals surface area contributed by atoms with E-state index in [1.807, 2.05) is 0 Å².